The van der Waals surface area contributed by atoms with E-state index in [1.165, 1.54) is 16.5 Å². The van der Waals surface area contributed by atoms with E-state index in [2.05, 4.69) is 29.9 Å². The van der Waals surface area contributed by atoms with Crippen LogP contribution in [0.4, 0.5) is 0 Å². The Hall–Kier alpha value is -1.44. The van der Waals surface area contributed by atoms with Crippen LogP contribution in [0.15, 0.2) is 12.3 Å². The number of nitrogens with zero attached hydrogens (tertiary/aromatic N) is 2. The van der Waals surface area contributed by atoms with E-state index in [1.807, 2.05) is 20.0 Å². The van der Waals surface area contributed by atoms with Gasteiger partial charge in [0.1, 0.15) is 0 Å². The minimum absolute atomic E-state index is 1.02. The van der Waals surface area contributed by atoms with Crippen molar-refractivity contribution in [1.82, 2.24) is 9.97 Å². The Balaban J connectivity index is 2.95. The largest absolute Gasteiger partial charge is 0.256 e. The van der Waals surface area contributed by atoms with Gasteiger partial charge in [0.05, 0.1) is 11.2 Å². The minimum atomic E-state index is 1.02. The van der Waals surface area contributed by atoms with E-state index in [9.17, 15) is 0 Å². The van der Waals surface area contributed by atoms with Crippen molar-refractivity contribution in [1.29, 1.82) is 0 Å². The van der Waals surface area contributed by atoms with Gasteiger partial charge in [-0.15, -0.1) is 0 Å². The molecular weight excluding hydrogens is 172 g/mol. The molecule has 0 spiro atoms. The smallest absolute Gasteiger partial charge is 0.0917 e. The van der Waals surface area contributed by atoms with Crippen LogP contribution in [-0.4, -0.2) is 9.97 Å². The molecule has 2 aromatic heterocycles. The molecule has 2 rings (SSSR count). The Morgan fingerprint density at radius 2 is 1.79 bits per heavy atom. The molecule has 0 bridgehead atoms. The molecule has 0 radical (unpaired) electrons. The maximum atomic E-state index is 4.42. The van der Waals surface area contributed by atoms with E-state index in [-0.39, 0.29) is 0 Å². The van der Waals surface area contributed by atoms with E-state index < -0.39 is 0 Å². The summed E-state index contributed by atoms with van der Waals surface area (Å²) in [6, 6.07) is 2.11. The number of aromatic nitrogens is 2. The van der Waals surface area contributed by atoms with Gasteiger partial charge in [-0.2, -0.15) is 0 Å². The topological polar surface area (TPSA) is 25.8 Å². The highest BCUT2D eigenvalue weighted by Gasteiger charge is 2.05. The Bertz CT molecular complexity index is 501. The van der Waals surface area contributed by atoms with Crippen molar-refractivity contribution in [2.24, 2.45) is 0 Å². The van der Waals surface area contributed by atoms with Gasteiger partial charge in [-0.05, 0) is 44.9 Å². The average molecular weight is 186 g/mol. The summed E-state index contributed by atoms with van der Waals surface area (Å²) in [4.78, 5) is 8.83. The maximum absolute atomic E-state index is 4.42. The molecule has 2 nitrogen and oxygen atoms in total. The lowest BCUT2D eigenvalue weighted by Gasteiger charge is -2.07. The zero-order valence-electron chi connectivity index (χ0n) is 9.05. The summed E-state index contributed by atoms with van der Waals surface area (Å²) in [5.74, 6) is 0. The molecule has 0 aliphatic rings. The van der Waals surface area contributed by atoms with Crippen molar-refractivity contribution in [3.8, 4) is 0 Å². The van der Waals surface area contributed by atoms with Crippen molar-refractivity contribution >= 4 is 10.9 Å². The molecular formula is C12H14N2. The summed E-state index contributed by atoms with van der Waals surface area (Å²) in [6.45, 7) is 8.26. The number of pyridine rings is 2. The van der Waals surface area contributed by atoms with E-state index in [0.717, 1.165) is 16.9 Å². The molecule has 0 amide bonds. The van der Waals surface area contributed by atoms with Crippen LogP contribution in [0.2, 0.25) is 0 Å². The molecule has 14 heavy (non-hydrogen) atoms. The highest BCUT2D eigenvalue weighted by Crippen LogP contribution is 2.21. The van der Waals surface area contributed by atoms with Gasteiger partial charge in [0, 0.05) is 17.3 Å². The first-order valence-electron chi connectivity index (χ1n) is 4.80. The summed E-state index contributed by atoms with van der Waals surface area (Å²) < 4.78 is 0. The van der Waals surface area contributed by atoms with Crippen molar-refractivity contribution in [3.63, 3.8) is 0 Å². The number of hydrogen-bond donors (Lipinski definition) is 0. The average Bonchev–Trinajstić information content (AvgIpc) is 2.12. The van der Waals surface area contributed by atoms with Gasteiger partial charge < -0.3 is 0 Å². The molecule has 72 valence electrons. The second-order valence-electron chi connectivity index (χ2n) is 3.81. The van der Waals surface area contributed by atoms with E-state index in [4.69, 9.17) is 0 Å². The molecule has 0 saturated carbocycles. The van der Waals surface area contributed by atoms with Gasteiger partial charge in [0.15, 0.2) is 0 Å². The van der Waals surface area contributed by atoms with Crippen LogP contribution in [0.1, 0.15) is 22.5 Å². The second kappa shape index (κ2) is 3.05. The van der Waals surface area contributed by atoms with Gasteiger partial charge >= 0.3 is 0 Å². The molecule has 0 aliphatic carbocycles. The fourth-order valence-corrected chi connectivity index (χ4v) is 1.74. The first-order chi connectivity index (χ1) is 6.59. The van der Waals surface area contributed by atoms with Gasteiger partial charge in [-0.1, -0.05) is 0 Å². The predicted molar refractivity (Wildman–Crippen MR) is 58.5 cm³/mol. The summed E-state index contributed by atoms with van der Waals surface area (Å²) in [5.41, 5.74) is 5.65. The van der Waals surface area contributed by atoms with Crippen LogP contribution >= 0.6 is 0 Å². The fourth-order valence-electron chi connectivity index (χ4n) is 1.74. The number of rotatable bonds is 0. The van der Waals surface area contributed by atoms with E-state index >= 15 is 0 Å². The molecule has 2 heterocycles. The third-order valence-corrected chi connectivity index (χ3v) is 2.68. The number of hydrogen-bond acceptors (Lipinski definition) is 2. The molecule has 0 unspecified atom stereocenters. The van der Waals surface area contributed by atoms with Crippen molar-refractivity contribution in [2.75, 3.05) is 0 Å². The highest BCUT2D eigenvalue weighted by molar-refractivity contribution is 5.84. The molecule has 0 atom stereocenters. The summed E-state index contributed by atoms with van der Waals surface area (Å²) in [6.07, 6.45) is 1.92. The first kappa shape index (κ1) is 9.13. The summed E-state index contributed by atoms with van der Waals surface area (Å²) >= 11 is 0. The van der Waals surface area contributed by atoms with Crippen LogP contribution in [-0.2, 0) is 0 Å². The lowest BCUT2D eigenvalue weighted by molar-refractivity contribution is 1.12. The zero-order valence-corrected chi connectivity index (χ0v) is 9.05. The monoisotopic (exact) mass is 186 g/mol. The molecule has 0 saturated heterocycles. The van der Waals surface area contributed by atoms with E-state index in [0.29, 0.717) is 0 Å². The molecule has 2 heteroatoms. The SMILES string of the molecule is Cc1cc2c(C)c(C)cnc2c(C)n1. The lowest BCUT2D eigenvalue weighted by Crippen LogP contribution is -1.94. The Morgan fingerprint density at radius 3 is 2.50 bits per heavy atom. The van der Waals surface area contributed by atoms with Crippen molar-refractivity contribution in [3.05, 3.63) is 34.8 Å². The highest BCUT2D eigenvalue weighted by atomic mass is 14.8. The number of fused-ring (bicyclic) bond motifs is 1. The van der Waals surface area contributed by atoms with Gasteiger partial charge in [-0.25, -0.2) is 0 Å². The minimum Gasteiger partial charge on any atom is -0.256 e. The summed E-state index contributed by atoms with van der Waals surface area (Å²) in [5, 5.41) is 1.23. The first-order valence-corrected chi connectivity index (χ1v) is 4.80. The maximum Gasteiger partial charge on any atom is 0.0917 e. The fraction of sp³-hybridized carbons (Fsp3) is 0.333. The Morgan fingerprint density at radius 1 is 1.07 bits per heavy atom. The third kappa shape index (κ3) is 1.27. The van der Waals surface area contributed by atoms with Crippen LogP contribution in [0.3, 0.4) is 0 Å². The number of aryl methyl sites for hydroxylation is 4. The molecule has 0 aliphatic heterocycles. The standard InChI is InChI=1S/C12H14N2/c1-7-6-13-12-10(4)14-8(2)5-11(12)9(7)3/h5-6H,1-4H3. The van der Waals surface area contributed by atoms with Crippen molar-refractivity contribution in [2.45, 2.75) is 27.7 Å². The summed E-state index contributed by atoms with van der Waals surface area (Å²) in [7, 11) is 0. The third-order valence-electron chi connectivity index (χ3n) is 2.68. The molecule has 0 fully saturated rings. The Kier molecular flexibility index (Phi) is 1.99. The van der Waals surface area contributed by atoms with Crippen LogP contribution in [0, 0.1) is 27.7 Å². The molecule has 0 N–H and O–H groups in total. The van der Waals surface area contributed by atoms with Crippen molar-refractivity contribution < 1.29 is 0 Å². The van der Waals surface area contributed by atoms with Crippen LogP contribution in [0.5, 0.6) is 0 Å². The zero-order chi connectivity index (χ0) is 10.3. The molecule has 0 aromatic carbocycles. The second-order valence-corrected chi connectivity index (χ2v) is 3.81. The van der Waals surface area contributed by atoms with Crippen LogP contribution in [0.25, 0.3) is 10.9 Å². The Labute approximate surface area is 84.0 Å². The molecule has 2 aromatic rings. The van der Waals surface area contributed by atoms with Crippen LogP contribution < -0.4 is 0 Å². The normalized spacial score (nSPS) is 10.9. The quantitative estimate of drug-likeness (QED) is 0.632. The van der Waals surface area contributed by atoms with E-state index in [1.54, 1.807) is 0 Å². The van der Waals surface area contributed by atoms with Gasteiger partial charge in [0.25, 0.3) is 0 Å². The van der Waals surface area contributed by atoms with Gasteiger partial charge in [-0.3, -0.25) is 9.97 Å². The predicted octanol–water partition coefficient (Wildman–Crippen LogP) is 2.86. The lowest BCUT2D eigenvalue weighted by atomic mass is 10.1. The van der Waals surface area contributed by atoms with Gasteiger partial charge in [0.2, 0.25) is 0 Å².